The highest BCUT2D eigenvalue weighted by Gasteiger charge is 2.51. The van der Waals surface area contributed by atoms with E-state index in [0.29, 0.717) is 40.2 Å². The highest BCUT2D eigenvalue weighted by atomic mass is 16.5. The monoisotopic (exact) mass is 514 g/mol. The standard InChI is InChI=1S/C29H30N4O5/c1-17-30-24-5-3-2-4-23(24)26(35)33(17)22-8-6-21(7-9-22)27(36)38-16-25(34)31-28(37)32-29-13-18-10-19(14-29)12-20(11-18)15-29/h2-9,18-20H,10-16H2,1H3,(H2,31,32,34,37). The third-order valence-corrected chi connectivity index (χ3v) is 8.31. The molecule has 9 nitrogen and oxygen atoms in total. The van der Waals surface area contributed by atoms with Crippen molar-refractivity contribution in [1.82, 2.24) is 20.2 Å². The Hall–Kier alpha value is -4.01. The molecule has 0 aliphatic heterocycles. The zero-order valence-electron chi connectivity index (χ0n) is 21.2. The second-order valence-electron chi connectivity index (χ2n) is 11.1. The maximum atomic E-state index is 13.0. The highest BCUT2D eigenvalue weighted by molar-refractivity contribution is 5.97. The number of nitrogens with one attached hydrogen (secondary N) is 2. The van der Waals surface area contributed by atoms with Crippen LogP contribution in [0.3, 0.4) is 0 Å². The minimum atomic E-state index is -0.700. The van der Waals surface area contributed by atoms with Crippen molar-refractivity contribution in [2.45, 2.75) is 51.0 Å². The van der Waals surface area contributed by atoms with E-state index in [9.17, 15) is 19.2 Å². The summed E-state index contributed by atoms with van der Waals surface area (Å²) >= 11 is 0. The number of ether oxygens (including phenoxy) is 1. The number of amides is 3. The fraction of sp³-hybridized carbons (Fsp3) is 0.414. The number of urea groups is 1. The predicted molar refractivity (Wildman–Crippen MR) is 140 cm³/mol. The first-order chi connectivity index (χ1) is 18.3. The minimum absolute atomic E-state index is 0.202. The van der Waals surface area contributed by atoms with Crippen molar-refractivity contribution in [2.24, 2.45) is 17.8 Å². The van der Waals surface area contributed by atoms with Gasteiger partial charge in [-0.3, -0.25) is 19.5 Å². The molecule has 0 unspecified atom stereocenters. The molecule has 4 fully saturated rings. The largest absolute Gasteiger partial charge is 0.452 e. The Kier molecular flexibility index (Phi) is 6.01. The fourth-order valence-electron chi connectivity index (χ4n) is 7.21. The molecular weight excluding hydrogens is 484 g/mol. The molecule has 1 heterocycles. The summed E-state index contributed by atoms with van der Waals surface area (Å²) in [5.41, 5.74) is 0.988. The molecule has 0 atom stereocenters. The Balaban J connectivity index is 1.05. The zero-order valence-corrected chi connectivity index (χ0v) is 21.2. The van der Waals surface area contributed by atoms with Gasteiger partial charge in [0.25, 0.3) is 11.5 Å². The Bertz CT molecular complexity index is 1460. The molecule has 7 rings (SSSR count). The topological polar surface area (TPSA) is 119 Å². The number of aryl methyl sites for hydroxylation is 1. The van der Waals surface area contributed by atoms with Crippen LogP contribution in [-0.4, -0.2) is 39.6 Å². The molecule has 4 aliphatic rings. The van der Waals surface area contributed by atoms with E-state index in [1.807, 2.05) is 6.07 Å². The summed E-state index contributed by atoms with van der Waals surface area (Å²) in [4.78, 5) is 54.8. The summed E-state index contributed by atoms with van der Waals surface area (Å²) in [6, 6.07) is 12.9. The SMILES string of the molecule is Cc1nc2ccccc2c(=O)n1-c1ccc(C(=O)OCC(=O)NC(=O)NC23CC4CC(CC(C4)C2)C3)cc1. The first kappa shape index (κ1) is 24.3. The van der Waals surface area contributed by atoms with Gasteiger partial charge in [-0.1, -0.05) is 12.1 Å². The van der Waals surface area contributed by atoms with Gasteiger partial charge < -0.3 is 10.1 Å². The molecule has 2 N–H and O–H groups in total. The van der Waals surface area contributed by atoms with Gasteiger partial charge in [-0.2, -0.15) is 0 Å². The van der Waals surface area contributed by atoms with E-state index in [1.54, 1.807) is 37.3 Å². The average Bonchev–Trinajstić information content (AvgIpc) is 2.86. The number of hydrogen-bond acceptors (Lipinski definition) is 6. The molecule has 4 saturated carbocycles. The summed E-state index contributed by atoms with van der Waals surface area (Å²) in [5, 5.41) is 5.88. The van der Waals surface area contributed by atoms with Crippen molar-refractivity contribution in [1.29, 1.82) is 0 Å². The third kappa shape index (κ3) is 4.57. The van der Waals surface area contributed by atoms with Crippen LogP contribution in [0.2, 0.25) is 0 Å². The molecule has 1 aromatic heterocycles. The van der Waals surface area contributed by atoms with Crippen LogP contribution in [0.15, 0.2) is 53.3 Å². The summed E-state index contributed by atoms with van der Waals surface area (Å²) < 4.78 is 6.60. The van der Waals surface area contributed by atoms with Gasteiger partial charge in [-0.15, -0.1) is 0 Å². The van der Waals surface area contributed by atoms with Crippen molar-refractivity contribution >= 4 is 28.8 Å². The smallest absolute Gasteiger partial charge is 0.338 e. The van der Waals surface area contributed by atoms with E-state index in [0.717, 1.165) is 19.3 Å². The number of aromatic nitrogens is 2. The molecule has 0 spiro atoms. The molecule has 196 valence electrons. The summed E-state index contributed by atoms with van der Waals surface area (Å²) in [6.45, 7) is 1.18. The van der Waals surface area contributed by atoms with E-state index in [1.165, 1.54) is 36.0 Å². The number of carbonyl (C=O) groups excluding carboxylic acids is 3. The number of hydrogen-bond donors (Lipinski definition) is 2. The number of imide groups is 1. The van der Waals surface area contributed by atoms with Crippen molar-refractivity contribution < 1.29 is 19.1 Å². The lowest BCUT2D eigenvalue weighted by molar-refractivity contribution is -0.123. The van der Waals surface area contributed by atoms with Gasteiger partial charge in [-0.25, -0.2) is 14.6 Å². The second-order valence-corrected chi connectivity index (χ2v) is 11.1. The number of fused-ring (bicyclic) bond motifs is 1. The molecule has 3 amide bonds. The quantitative estimate of drug-likeness (QED) is 0.502. The zero-order chi connectivity index (χ0) is 26.4. The maximum Gasteiger partial charge on any atom is 0.338 e. The van der Waals surface area contributed by atoms with E-state index in [2.05, 4.69) is 15.6 Å². The first-order valence-corrected chi connectivity index (χ1v) is 13.2. The number of rotatable bonds is 5. The van der Waals surface area contributed by atoms with E-state index in [4.69, 9.17) is 4.74 Å². The molecule has 4 aliphatic carbocycles. The van der Waals surface area contributed by atoms with Crippen molar-refractivity contribution in [3.63, 3.8) is 0 Å². The van der Waals surface area contributed by atoms with Gasteiger partial charge in [0.2, 0.25) is 0 Å². The molecule has 2 aromatic carbocycles. The summed E-state index contributed by atoms with van der Waals surface area (Å²) in [5.74, 6) is 1.15. The van der Waals surface area contributed by atoms with E-state index < -0.39 is 24.5 Å². The van der Waals surface area contributed by atoms with Gasteiger partial charge in [0.15, 0.2) is 6.61 Å². The molecule has 0 radical (unpaired) electrons. The van der Waals surface area contributed by atoms with Crippen LogP contribution in [0.25, 0.3) is 16.6 Å². The molecule has 38 heavy (non-hydrogen) atoms. The second kappa shape index (κ2) is 9.38. The van der Waals surface area contributed by atoms with Crippen LogP contribution in [0, 0.1) is 24.7 Å². The van der Waals surface area contributed by atoms with Gasteiger partial charge >= 0.3 is 12.0 Å². The van der Waals surface area contributed by atoms with Gasteiger partial charge in [0, 0.05) is 5.54 Å². The fourth-order valence-corrected chi connectivity index (χ4v) is 7.21. The third-order valence-electron chi connectivity index (χ3n) is 8.31. The molecule has 9 heteroatoms. The minimum Gasteiger partial charge on any atom is -0.452 e. The number of para-hydroxylation sites is 1. The number of nitrogens with zero attached hydrogens (tertiary/aromatic N) is 2. The van der Waals surface area contributed by atoms with Crippen molar-refractivity contribution in [3.05, 3.63) is 70.3 Å². The lowest BCUT2D eigenvalue weighted by Gasteiger charge is -2.56. The van der Waals surface area contributed by atoms with Crippen LogP contribution < -0.4 is 16.2 Å². The van der Waals surface area contributed by atoms with Crippen LogP contribution >= 0.6 is 0 Å². The highest BCUT2D eigenvalue weighted by Crippen LogP contribution is 2.55. The Morgan fingerprint density at radius 2 is 1.61 bits per heavy atom. The van der Waals surface area contributed by atoms with E-state index >= 15 is 0 Å². The van der Waals surface area contributed by atoms with Crippen LogP contribution in [0.4, 0.5) is 4.79 Å². The van der Waals surface area contributed by atoms with Crippen LogP contribution in [0.5, 0.6) is 0 Å². The number of carbonyl (C=O) groups is 3. The number of esters is 1. The Morgan fingerprint density at radius 3 is 2.26 bits per heavy atom. The molecule has 0 saturated heterocycles. The first-order valence-electron chi connectivity index (χ1n) is 13.2. The van der Waals surface area contributed by atoms with Gasteiger partial charge in [0.05, 0.1) is 22.2 Å². The predicted octanol–water partition coefficient (Wildman–Crippen LogP) is 3.65. The maximum absolute atomic E-state index is 13.0. The molecular formula is C29H30N4O5. The lowest BCUT2D eigenvalue weighted by atomic mass is 9.53. The van der Waals surface area contributed by atoms with Crippen molar-refractivity contribution in [2.75, 3.05) is 6.61 Å². The Morgan fingerprint density at radius 1 is 0.974 bits per heavy atom. The van der Waals surface area contributed by atoms with Crippen LogP contribution in [0.1, 0.15) is 54.7 Å². The van der Waals surface area contributed by atoms with E-state index in [-0.39, 0.29) is 16.7 Å². The lowest BCUT2D eigenvalue weighted by Crippen LogP contribution is -2.62. The Labute approximate surface area is 219 Å². The average molecular weight is 515 g/mol. The van der Waals surface area contributed by atoms with Gasteiger partial charge in [-0.05, 0) is 99.6 Å². The molecule has 4 bridgehead atoms. The molecule has 3 aromatic rings. The van der Waals surface area contributed by atoms with Crippen LogP contribution in [-0.2, 0) is 9.53 Å². The summed E-state index contributed by atoms with van der Waals surface area (Å²) in [6.07, 6.45) is 6.71. The van der Waals surface area contributed by atoms with Gasteiger partial charge in [0.1, 0.15) is 5.82 Å². The number of benzene rings is 2. The summed E-state index contributed by atoms with van der Waals surface area (Å²) in [7, 11) is 0. The normalized spacial score (nSPS) is 25.2. The van der Waals surface area contributed by atoms with Crippen molar-refractivity contribution in [3.8, 4) is 5.69 Å².